The number of carbonyl (C=O) groups is 2. The van der Waals surface area contributed by atoms with Gasteiger partial charge in [-0.25, -0.2) is 0 Å². The van der Waals surface area contributed by atoms with Crippen molar-refractivity contribution in [2.24, 2.45) is 5.73 Å². The van der Waals surface area contributed by atoms with Gasteiger partial charge in [-0.05, 0) is 30.2 Å². The van der Waals surface area contributed by atoms with E-state index in [0.29, 0.717) is 37.5 Å². The molecule has 2 rings (SSSR count). The minimum Gasteiger partial charge on any atom is -0.490 e. The molecule has 150 valence electrons. The van der Waals surface area contributed by atoms with Gasteiger partial charge >= 0.3 is 0 Å². The number of ether oxygens (including phenoxy) is 2. The molecule has 0 radical (unpaired) electrons. The van der Waals surface area contributed by atoms with Crippen LogP contribution in [0.5, 0.6) is 5.75 Å². The molecular weight excluding hydrogens is 424 g/mol. The Hall–Kier alpha value is -2.38. The summed E-state index contributed by atoms with van der Waals surface area (Å²) >= 11 is 3.41. The predicted molar refractivity (Wildman–Crippen MR) is 111 cm³/mol. The van der Waals surface area contributed by atoms with Crippen LogP contribution in [0.25, 0.3) is 0 Å². The molecule has 2 N–H and O–H groups in total. The topological polar surface area (TPSA) is 81.9 Å². The summed E-state index contributed by atoms with van der Waals surface area (Å²) in [5, 5.41) is 0. The lowest BCUT2D eigenvalue weighted by Gasteiger charge is -2.24. The molecule has 0 saturated heterocycles. The largest absolute Gasteiger partial charge is 0.490 e. The molecule has 0 unspecified atom stereocenters. The number of halogens is 1. The molecule has 2 aromatic rings. The molecule has 0 fully saturated rings. The van der Waals surface area contributed by atoms with Gasteiger partial charge in [-0.3, -0.25) is 9.59 Å². The van der Waals surface area contributed by atoms with Gasteiger partial charge in [-0.2, -0.15) is 0 Å². The molecule has 28 heavy (non-hydrogen) atoms. The van der Waals surface area contributed by atoms with Crippen molar-refractivity contribution in [1.29, 1.82) is 0 Å². The van der Waals surface area contributed by atoms with Crippen LogP contribution < -0.4 is 10.5 Å². The molecule has 0 bridgehead atoms. The summed E-state index contributed by atoms with van der Waals surface area (Å²) in [4.78, 5) is 26.1. The van der Waals surface area contributed by atoms with Gasteiger partial charge < -0.3 is 20.1 Å². The number of benzene rings is 2. The van der Waals surface area contributed by atoms with E-state index in [1.165, 1.54) is 0 Å². The van der Waals surface area contributed by atoms with Crippen molar-refractivity contribution >= 4 is 27.7 Å². The van der Waals surface area contributed by atoms with E-state index in [1.54, 1.807) is 24.1 Å². The molecule has 0 aliphatic carbocycles. The lowest BCUT2D eigenvalue weighted by atomic mass is 10.1. The Morgan fingerprint density at radius 1 is 1.07 bits per heavy atom. The quantitative estimate of drug-likeness (QED) is 0.535. The third-order valence-electron chi connectivity index (χ3n) is 4.15. The van der Waals surface area contributed by atoms with Crippen molar-refractivity contribution in [1.82, 2.24) is 4.90 Å². The third-order valence-corrected chi connectivity index (χ3v) is 4.64. The second-order valence-electron chi connectivity index (χ2n) is 6.23. The summed E-state index contributed by atoms with van der Waals surface area (Å²) in [5.41, 5.74) is 6.85. The van der Waals surface area contributed by atoms with Gasteiger partial charge in [0.05, 0.1) is 12.2 Å². The van der Waals surface area contributed by atoms with E-state index in [2.05, 4.69) is 15.9 Å². The zero-order chi connectivity index (χ0) is 20.4. The van der Waals surface area contributed by atoms with Crippen molar-refractivity contribution in [3.8, 4) is 5.75 Å². The number of nitrogens with two attached hydrogens (primary N) is 1. The van der Waals surface area contributed by atoms with Gasteiger partial charge in [0.25, 0.3) is 5.91 Å². The maximum atomic E-state index is 13.2. The average molecular weight is 449 g/mol. The Bertz CT molecular complexity index is 783. The lowest BCUT2D eigenvalue weighted by molar-refractivity contribution is -0.118. The number of nitrogens with zero attached hydrogens (tertiary/aromatic N) is 1. The second-order valence-corrected chi connectivity index (χ2v) is 7.14. The highest BCUT2D eigenvalue weighted by atomic mass is 79.9. The maximum absolute atomic E-state index is 13.2. The number of hydrogen-bond acceptors (Lipinski definition) is 4. The van der Waals surface area contributed by atoms with E-state index in [0.717, 1.165) is 10.0 Å². The van der Waals surface area contributed by atoms with Gasteiger partial charge in [-0.1, -0.05) is 46.3 Å². The van der Waals surface area contributed by atoms with E-state index >= 15 is 0 Å². The first-order chi connectivity index (χ1) is 13.5. The van der Waals surface area contributed by atoms with Crippen LogP contribution in [0.2, 0.25) is 0 Å². The van der Waals surface area contributed by atoms with Gasteiger partial charge in [0.1, 0.15) is 12.4 Å². The van der Waals surface area contributed by atoms with Crippen LogP contribution in [0.15, 0.2) is 53.0 Å². The fraction of sp³-hybridized carbons (Fsp3) is 0.333. The van der Waals surface area contributed by atoms with E-state index in [1.807, 2.05) is 36.4 Å². The van der Waals surface area contributed by atoms with Gasteiger partial charge in [0, 0.05) is 31.1 Å². The first-order valence-corrected chi connectivity index (χ1v) is 9.83. The zero-order valence-corrected chi connectivity index (χ0v) is 17.5. The van der Waals surface area contributed by atoms with Crippen LogP contribution in [0.3, 0.4) is 0 Å². The Labute approximate surface area is 173 Å². The Balaban J connectivity index is 2.19. The summed E-state index contributed by atoms with van der Waals surface area (Å²) in [6.07, 6.45) is 0.785. The smallest absolute Gasteiger partial charge is 0.257 e. The molecule has 0 aromatic heterocycles. The molecule has 2 amide bonds. The number of rotatable bonds is 11. The van der Waals surface area contributed by atoms with E-state index in [-0.39, 0.29) is 18.9 Å². The predicted octanol–water partition coefficient (Wildman–Crippen LogP) is 3.03. The van der Waals surface area contributed by atoms with Crippen molar-refractivity contribution in [2.75, 3.05) is 33.4 Å². The summed E-state index contributed by atoms with van der Waals surface area (Å²) in [7, 11) is 1.59. The van der Waals surface area contributed by atoms with Crippen molar-refractivity contribution in [2.45, 2.75) is 12.8 Å². The third kappa shape index (κ3) is 6.98. The normalized spacial score (nSPS) is 10.5. The van der Waals surface area contributed by atoms with Gasteiger partial charge in [-0.15, -0.1) is 0 Å². The molecule has 2 aromatic carbocycles. The van der Waals surface area contributed by atoms with Gasteiger partial charge in [0.15, 0.2) is 0 Å². The lowest BCUT2D eigenvalue weighted by Crippen LogP contribution is -2.36. The molecule has 0 saturated carbocycles. The van der Waals surface area contributed by atoms with E-state index in [4.69, 9.17) is 15.2 Å². The minimum atomic E-state index is -0.441. The molecule has 6 nitrogen and oxygen atoms in total. The molecule has 0 heterocycles. The van der Waals surface area contributed by atoms with Crippen LogP contribution in [-0.4, -0.2) is 50.1 Å². The number of amides is 2. The van der Waals surface area contributed by atoms with Crippen LogP contribution in [0, 0.1) is 0 Å². The summed E-state index contributed by atoms with van der Waals surface area (Å²) in [5.74, 6) is -0.164. The summed E-state index contributed by atoms with van der Waals surface area (Å²) in [6, 6.07) is 15.2. The fourth-order valence-electron chi connectivity index (χ4n) is 2.67. The number of hydrogen-bond donors (Lipinski definition) is 1. The van der Waals surface area contributed by atoms with Crippen LogP contribution in [-0.2, 0) is 16.0 Å². The van der Waals surface area contributed by atoms with Crippen molar-refractivity contribution < 1.29 is 19.1 Å². The fourth-order valence-corrected chi connectivity index (χ4v) is 3.03. The van der Waals surface area contributed by atoms with E-state index in [9.17, 15) is 9.59 Å². The number of methoxy groups -OCH3 is 1. The van der Waals surface area contributed by atoms with Crippen LogP contribution in [0.4, 0.5) is 0 Å². The summed E-state index contributed by atoms with van der Waals surface area (Å²) in [6.45, 7) is 1.48. The first kappa shape index (κ1) is 21.9. The molecule has 0 aliphatic rings. The molecule has 0 spiro atoms. The Morgan fingerprint density at radius 3 is 2.50 bits per heavy atom. The molecular formula is C21H25BrN2O4. The standard InChI is InChI=1S/C21H25BrN2O4/c1-27-13-14-28-19-8-7-17(22)15-18(19)21(26)24(12-10-20(23)25)11-9-16-5-3-2-4-6-16/h2-8,15H,9-14H2,1H3,(H2,23,25). The molecule has 0 atom stereocenters. The maximum Gasteiger partial charge on any atom is 0.257 e. The zero-order valence-electron chi connectivity index (χ0n) is 15.9. The van der Waals surface area contributed by atoms with E-state index < -0.39 is 5.91 Å². The number of primary amides is 1. The Morgan fingerprint density at radius 2 is 1.82 bits per heavy atom. The van der Waals surface area contributed by atoms with Crippen molar-refractivity contribution in [3.63, 3.8) is 0 Å². The van der Waals surface area contributed by atoms with Crippen LogP contribution in [0.1, 0.15) is 22.3 Å². The highest BCUT2D eigenvalue weighted by molar-refractivity contribution is 9.10. The minimum absolute atomic E-state index is 0.106. The van der Waals surface area contributed by atoms with Crippen molar-refractivity contribution in [3.05, 3.63) is 64.1 Å². The Kier molecular flexibility index (Phi) is 8.97. The molecule has 0 aliphatic heterocycles. The summed E-state index contributed by atoms with van der Waals surface area (Å²) < 4.78 is 11.5. The molecule has 7 heteroatoms. The first-order valence-electron chi connectivity index (χ1n) is 9.04. The van der Waals surface area contributed by atoms with Gasteiger partial charge in [0.2, 0.25) is 5.91 Å². The highest BCUT2D eigenvalue weighted by Gasteiger charge is 2.21. The average Bonchev–Trinajstić information content (AvgIpc) is 2.69. The highest BCUT2D eigenvalue weighted by Crippen LogP contribution is 2.25. The van der Waals surface area contributed by atoms with Crippen LogP contribution >= 0.6 is 15.9 Å². The monoisotopic (exact) mass is 448 g/mol. The SMILES string of the molecule is COCCOc1ccc(Br)cc1C(=O)N(CCC(N)=O)CCc1ccccc1. The second kappa shape index (κ2) is 11.5. The number of carbonyl (C=O) groups excluding carboxylic acids is 2.